The molecule has 4 nitrogen and oxygen atoms in total. The summed E-state index contributed by atoms with van der Waals surface area (Å²) in [6, 6.07) is 0. The molecule has 1 rings (SSSR count). The highest BCUT2D eigenvalue weighted by Crippen LogP contribution is 2.45. The van der Waals surface area contributed by atoms with Crippen LogP contribution in [0.15, 0.2) is 9.89 Å². The molecule has 0 aliphatic carbocycles. The van der Waals surface area contributed by atoms with Gasteiger partial charge >= 0.3 is 5.97 Å². The Balaban J connectivity index is 3.49. The van der Waals surface area contributed by atoms with Crippen LogP contribution in [-0.4, -0.2) is 35.3 Å². The molecule has 0 bridgehead atoms. The van der Waals surface area contributed by atoms with Crippen LogP contribution in [0.2, 0.25) is 25.1 Å². The number of benzene rings is 1. The van der Waals surface area contributed by atoms with E-state index in [-0.39, 0.29) is 30.0 Å². The number of hydrogen-bond acceptors (Lipinski definition) is 4. The summed E-state index contributed by atoms with van der Waals surface area (Å²) in [7, 11) is -0.856. The molecule has 0 aromatic heterocycles. The molecule has 0 saturated carbocycles. The molecule has 0 aliphatic heterocycles. The molecule has 0 amide bonds. The molecule has 0 spiro atoms. The zero-order chi connectivity index (χ0) is 17.0. The van der Waals surface area contributed by atoms with Gasteiger partial charge in [-0.3, -0.25) is 14.0 Å². The van der Waals surface area contributed by atoms with Gasteiger partial charge in [0.2, 0.25) is 0 Å². The molecule has 0 radical (unpaired) electrons. The molecule has 10 heteroatoms. The van der Waals surface area contributed by atoms with Crippen molar-refractivity contribution in [2.45, 2.75) is 17.1 Å². The minimum atomic E-state index is -2.02. The average molecular weight is 426 g/mol. The van der Waals surface area contributed by atoms with Gasteiger partial charge in [0.15, 0.2) is 5.25 Å². The van der Waals surface area contributed by atoms with E-state index in [1.807, 2.05) is 0 Å². The molecule has 2 unspecified atom stereocenters. The Labute approximate surface area is 155 Å². The van der Waals surface area contributed by atoms with E-state index in [9.17, 15) is 9.00 Å². The number of halogens is 5. The molecular formula is C12H10Cl5NO3S. The molecule has 0 aliphatic rings. The van der Waals surface area contributed by atoms with E-state index >= 15 is 0 Å². The van der Waals surface area contributed by atoms with Gasteiger partial charge in [0.1, 0.15) is 0 Å². The zero-order valence-electron chi connectivity index (χ0n) is 11.3. The van der Waals surface area contributed by atoms with Crippen molar-refractivity contribution in [1.82, 2.24) is 0 Å². The number of aliphatic imine (C=N–C) groups is 1. The van der Waals surface area contributed by atoms with Crippen molar-refractivity contribution in [2.24, 2.45) is 4.99 Å². The summed E-state index contributed by atoms with van der Waals surface area (Å²) in [5.41, 5.74) is 0. The summed E-state index contributed by atoms with van der Waals surface area (Å²) in [6.45, 7) is 2.15. The Morgan fingerprint density at radius 1 is 1.14 bits per heavy atom. The number of rotatable bonds is 5. The van der Waals surface area contributed by atoms with Crippen LogP contribution in [0.3, 0.4) is 0 Å². The minimum Gasteiger partial charge on any atom is -0.468 e. The lowest BCUT2D eigenvalue weighted by Crippen LogP contribution is -2.29. The lowest BCUT2D eigenvalue weighted by Gasteiger charge is -2.15. The zero-order valence-corrected chi connectivity index (χ0v) is 15.9. The molecule has 0 fully saturated rings. The maximum Gasteiger partial charge on any atom is 0.327 e. The summed E-state index contributed by atoms with van der Waals surface area (Å²) in [5, 5.41) is -1.74. The second-order valence-corrected chi connectivity index (χ2v) is 7.19. The van der Waals surface area contributed by atoms with Gasteiger partial charge in [0, 0.05) is 12.8 Å². The first-order valence-electron chi connectivity index (χ1n) is 5.77. The van der Waals surface area contributed by atoms with Gasteiger partial charge in [-0.15, -0.1) is 0 Å². The van der Waals surface area contributed by atoms with Crippen molar-refractivity contribution in [1.29, 1.82) is 0 Å². The molecular weight excluding hydrogens is 415 g/mol. The van der Waals surface area contributed by atoms with E-state index < -0.39 is 22.0 Å². The third-order valence-electron chi connectivity index (χ3n) is 2.46. The topological polar surface area (TPSA) is 55.7 Å². The third-order valence-corrected chi connectivity index (χ3v) is 6.55. The first kappa shape index (κ1) is 20.0. The Bertz CT molecular complexity index is 621. The third kappa shape index (κ3) is 4.08. The van der Waals surface area contributed by atoms with Crippen LogP contribution in [0, 0.1) is 0 Å². The summed E-state index contributed by atoms with van der Waals surface area (Å²) in [4.78, 5) is 15.6. The van der Waals surface area contributed by atoms with Crippen LogP contribution in [0.25, 0.3) is 0 Å². The lowest BCUT2D eigenvalue weighted by atomic mass is 10.3. The van der Waals surface area contributed by atoms with Crippen LogP contribution in [0.4, 0.5) is 0 Å². The minimum absolute atomic E-state index is 0.0593. The van der Waals surface area contributed by atoms with E-state index in [4.69, 9.17) is 58.0 Å². The molecule has 22 heavy (non-hydrogen) atoms. The van der Waals surface area contributed by atoms with Crippen molar-refractivity contribution in [3.63, 3.8) is 0 Å². The van der Waals surface area contributed by atoms with Crippen molar-refractivity contribution < 1.29 is 13.7 Å². The normalized spacial score (nSPS) is 14.1. The fourth-order valence-electron chi connectivity index (χ4n) is 1.41. The van der Waals surface area contributed by atoms with Gasteiger partial charge in [-0.25, -0.2) is 0 Å². The van der Waals surface area contributed by atoms with Gasteiger partial charge < -0.3 is 4.74 Å². The quantitative estimate of drug-likeness (QED) is 0.298. The Hall–Kier alpha value is -0.0400. The van der Waals surface area contributed by atoms with Gasteiger partial charge in [-0.1, -0.05) is 58.0 Å². The SMILES string of the molecule is CCN=CC(C(=O)OC)S(=O)c1c(Cl)c(Cl)c(Cl)c(Cl)c1Cl. The van der Waals surface area contributed by atoms with Gasteiger partial charge in [0.05, 0.1) is 47.9 Å². The number of nitrogens with zero attached hydrogens (tertiary/aromatic N) is 1. The van der Waals surface area contributed by atoms with Gasteiger partial charge in [-0.05, 0) is 6.92 Å². The van der Waals surface area contributed by atoms with Crippen LogP contribution in [-0.2, 0) is 20.3 Å². The number of hydrogen-bond donors (Lipinski definition) is 0. The summed E-state index contributed by atoms with van der Waals surface area (Å²) in [6.07, 6.45) is 1.21. The highest BCUT2D eigenvalue weighted by atomic mass is 35.5. The largest absolute Gasteiger partial charge is 0.468 e. The van der Waals surface area contributed by atoms with Crippen molar-refractivity contribution in [3.05, 3.63) is 25.1 Å². The fraction of sp³-hybridized carbons (Fsp3) is 0.333. The lowest BCUT2D eigenvalue weighted by molar-refractivity contribution is -0.138. The fourth-order valence-corrected chi connectivity index (χ4v) is 4.39. The Morgan fingerprint density at radius 3 is 2.00 bits per heavy atom. The number of methoxy groups -OCH3 is 1. The smallest absolute Gasteiger partial charge is 0.327 e. The standard InChI is InChI=1S/C12H10Cl5NO3S/c1-3-18-4-5(12(19)21-2)22(20)11-9(16)7(14)6(13)8(15)10(11)17/h4-5H,3H2,1-2H3. The van der Waals surface area contributed by atoms with Crippen molar-refractivity contribution in [3.8, 4) is 0 Å². The van der Waals surface area contributed by atoms with Gasteiger partial charge in [-0.2, -0.15) is 0 Å². The molecule has 0 heterocycles. The highest BCUT2D eigenvalue weighted by Gasteiger charge is 2.31. The summed E-state index contributed by atoms with van der Waals surface area (Å²) < 4.78 is 17.3. The van der Waals surface area contributed by atoms with E-state index in [0.29, 0.717) is 6.54 Å². The monoisotopic (exact) mass is 423 g/mol. The van der Waals surface area contributed by atoms with E-state index in [0.717, 1.165) is 7.11 Å². The highest BCUT2D eigenvalue weighted by molar-refractivity contribution is 7.87. The van der Waals surface area contributed by atoms with Gasteiger partial charge in [0.25, 0.3) is 0 Å². The second-order valence-electron chi connectivity index (χ2n) is 3.79. The van der Waals surface area contributed by atoms with Crippen molar-refractivity contribution >= 4 is 81.0 Å². The molecule has 0 saturated heterocycles. The van der Waals surface area contributed by atoms with Crippen LogP contribution < -0.4 is 0 Å². The number of carbonyl (C=O) groups excluding carboxylic acids is 1. The molecule has 2 atom stereocenters. The van der Waals surface area contributed by atoms with Crippen LogP contribution in [0.1, 0.15) is 6.92 Å². The molecule has 122 valence electrons. The molecule has 1 aromatic carbocycles. The number of esters is 1. The number of carbonyl (C=O) groups is 1. The summed E-state index contributed by atoms with van der Waals surface area (Å²) in [5.74, 6) is -0.759. The van der Waals surface area contributed by atoms with Crippen molar-refractivity contribution in [2.75, 3.05) is 13.7 Å². The maximum atomic E-state index is 12.7. The van der Waals surface area contributed by atoms with E-state index in [1.54, 1.807) is 6.92 Å². The Kier molecular flexibility index (Phi) is 7.92. The first-order chi connectivity index (χ1) is 10.3. The van der Waals surface area contributed by atoms with E-state index in [2.05, 4.69) is 9.73 Å². The predicted octanol–water partition coefficient (Wildman–Crippen LogP) is 4.69. The van der Waals surface area contributed by atoms with E-state index in [1.165, 1.54) is 6.21 Å². The average Bonchev–Trinajstić information content (AvgIpc) is 2.51. The molecule has 0 N–H and O–H groups in total. The van der Waals surface area contributed by atoms with Crippen LogP contribution >= 0.6 is 58.0 Å². The summed E-state index contributed by atoms with van der Waals surface area (Å²) >= 11 is 29.8. The Morgan fingerprint density at radius 2 is 1.59 bits per heavy atom. The second kappa shape index (κ2) is 8.71. The number of ether oxygens (including phenoxy) is 1. The predicted molar refractivity (Wildman–Crippen MR) is 92.7 cm³/mol. The molecule has 1 aromatic rings. The maximum absolute atomic E-state index is 12.7. The first-order valence-corrected chi connectivity index (χ1v) is 8.87. The van der Waals surface area contributed by atoms with Crippen LogP contribution in [0.5, 0.6) is 0 Å².